The number of alkyl halides is 3. The number of aromatic nitrogens is 3. The highest BCUT2D eigenvalue weighted by atomic mass is 19.4. The summed E-state index contributed by atoms with van der Waals surface area (Å²) in [6, 6.07) is 0.769. The number of aryl methyl sites for hydroxylation is 1. The zero-order valence-electron chi connectivity index (χ0n) is 23.1. The van der Waals surface area contributed by atoms with Crippen LogP contribution < -0.4 is 15.5 Å². The molecule has 40 heavy (non-hydrogen) atoms. The number of carbonyl (C=O) groups is 2. The van der Waals surface area contributed by atoms with Gasteiger partial charge in [0.2, 0.25) is 0 Å². The number of pyridine rings is 1. The Hall–Kier alpha value is -3.90. The van der Waals surface area contributed by atoms with Gasteiger partial charge in [0.1, 0.15) is 28.8 Å². The van der Waals surface area contributed by atoms with Gasteiger partial charge in [0, 0.05) is 25.5 Å². The van der Waals surface area contributed by atoms with Crippen LogP contribution in [-0.4, -0.2) is 63.4 Å². The van der Waals surface area contributed by atoms with Crippen LogP contribution in [0.5, 0.6) is 0 Å². The number of ether oxygens (including phenoxy) is 1. The molecule has 1 unspecified atom stereocenters. The molecule has 3 heterocycles. The average molecular weight is 565 g/mol. The molecule has 3 N–H and O–H groups in total. The van der Waals surface area contributed by atoms with Gasteiger partial charge >= 0.3 is 12.3 Å². The van der Waals surface area contributed by atoms with E-state index >= 15 is 0 Å². The van der Waals surface area contributed by atoms with Crippen molar-refractivity contribution >= 4 is 28.7 Å². The number of imidazole rings is 1. The Balaban J connectivity index is 1.78. The molecule has 2 aromatic heterocycles. The number of halogens is 4. The molecular formula is C27H32F4N6O3. The van der Waals surface area contributed by atoms with E-state index in [4.69, 9.17) is 4.74 Å². The van der Waals surface area contributed by atoms with Crippen LogP contribution in [0.1, 0.15) is 57.0 Å². The SMILES string of the molecule is Cc1ccc(F)c2[nH]c(-c3cncc(C(=O)NC(C)C(F)(F)F)c3N3CC[C@](C)(NC(=O)OC(C)(C)C)C3)nc12. The lowest BCUT2D eigenvalue weighted by atomic mass is 10.0. The van der Waals surface area contributed by atoms with Gasteiger partial charge in [-0.2, -0.15) is 13.2 Å². The van der Waals surface area contributed by atoms with Crippen LogP contribution in [0.15, 0.2) is 24.5 Å². The van der Waals surface area contributed by atoms with E-state index in [1.807, 2.05) is 12.2 Å². The maximum absolute atomic E-state index is 14.6. The van der Waals surface area contributed by atoms with Crippen molar-refractivity contribution in [1.29, 1.82) is 0 Å². The zero-order chi connectivity index (χ0) is 29.6. The number of anilines is 1. The summed E-state index contributed by atoms with van der Waals surface area (Å²) in [5, 5.41) is 4.86. The number of nitrogens with zero attached hydrogens (tertiary/aromatic N) is 3. The van der Waals surface area contributed by atoms with E-state index in [9.17, 15) is 27.2 Å². The molecule has 1 aromatic carbocycles. The Morgan fingerprint density at radius 3 is 2.52 bits per heavy atom. The second kappa shape index (κ2) is 10.3. The van der Waals surface area contributed by atoms with Crippen molar-refractivity contribution in [2.24, 2.45) is 0 Å². The number of aromatic amines is 1. The van der Waals surface area contributed by atoms with E-state index in [0.717, 1.165) is 6.92 Å². The monoisotopic (exact) mass is 564 g/mol. The normalized spacial score (nSPS) is 18.6. The first kappa shape index (κ1) is 29.1. The Kier molecular flexibility index (Phi) is 7.46. The predicted octanol–water partition coefficient (Wildman–Crippen LogP) is 5.25. The first-order chi connectivity index (χ1) is 18.5. The number of benzene rings is 1. The Morgan fingerprint density at radius 1 is 1.20 bits per heavy atom. The summed E-state index contributed by atoms with van der Waals surface area (Å²) in [6.45, 7) is 10.2. The van der Waals surface area contributed by atoms with E-state index in [1.54, 1.807) is 38.7 Å². The Labute approximate surface area is 228 Å². The van der Waals surface area contributed by atoms with Crippen LogP contribution >= 0.6 is 0 Å². The number of amides is 2. The molecule has 4 rings (SSSR count). The van der Waals surface area contributed by atoms with Crippen molar-refractivity contribution in [2.75, 3.05) is 18.0 Å². The van der Waals surface area contributed by atoms with Crippen LogP contribution in [-0.2, 0) is 4.74 Å². The van der Waals surface area contributed by atoms with Crippen LogP contribution in [0.4, 0.5) is 28.0 Å². The molecule has 3 aromatic rings. The smallest absolute Gasteiger partial charge is 0.408 e. The summed E-state index contributed by atoms with van der Waals surface area (Å²) in [7, 11) is 0. The van der Waals surface area contributed by atoms with Gasteiger partial charge < -0.3 is 25.3 Å². The van der Waals surface area contributed by atoms with Crippen molar-refractivity contribution in [3.05, 3.63) is 41.5 Å². The lowest BCUT2D eigenvalue weighted by Gasteiger charge is -2.30. The molecule has 0 bridgehead atoms. The number of alkyl carbamates (subject to hydrolysis) is 1. The highest BCUT2D eigenvalue weighted by Gasteiger charge is 2.41. The Bertz CT molecular complexity index is 1410. The van der Waals surface area contributed by atoms with Gasteiger partial charge in [0.25, 0.3) is 5.91 Å². The lowest BCUT2D eigenvalue weighted by molar-refractivity contribution is -0.149. The maximum Gasteiger partial charge on any atom is 0.408 e. The first-order valence-corrected chi connectivity index (χ1v) is 12.7. The van der Waals surface area contributed by atoms with Crippen molar-refractivity contribution in [3.8, 4) is 11.4 Å². The molecule has 0 radical (unpaired) electrons. The van der Waals surface area contributed by atoms with Crippen LogP contribution in [0.2, 0.25) is 0 Å². The molecule has 0 aliphatic carbocycles. The molecule has 1 aliphatic rings. The largest absolute Gasteiger partial charge is 0.444 e. The minimum atomic E-state index is -4.65. The number of carbonyl (C=O) groups excluding carboxylic acids is 2. The first-order valence-electron chi connectivity index (χ1n) is 12.7. The molecule has 13 heteroatoms. The summed E-state index contributed by atoms with van der Waals surface area (Å²) in [4.78, 5) is 39.1. The number of H-pyrrole nitrogens is 1. The number of hydrogen-bond acceptors (Lipinski definition) is 6. The van der Waals surface area contributed by atoms with Crippen molar-refractivity contribution in [2.45, 2.75) is 71.3 Å². The number of hydrogen-bond donors (Lipinski definition) is 3. The lowest BCUT2D eigenvalue weighted by Crippen LogP contribution is -2.49. The van der Waals surface area contributed by atoms with E-state index in [1.165, 1.54) is 18.5 Å². The van der Waals surface area contributed by atoms with Gasteiger partial charge in [0.05, 0.1) is 27.9 Å². The van der Waals surface area contributed by atoms with Gasteiger partial charge in [-0.25, -0.2) is 14.2 Å². The summed E-state index contributed by atoms with van der Waals surface area (Å²) in [5.74, 6) is -1.32. The van der Waals surface area contributed by atoms with Gasteiger partial charge in [-0.3, -0.25) is 9.78 Å². The third kappa shape index (κ3) is 6.13. The quantitative estimate of drug-likeness (QED) is 0.365. The van der Waals surface area contributed by atoms with Crippen molar-refractivity contribution in [3.63, 3.8) is 0 Å². The fourth-order valence-electron chi connectivity index (χ4n) is 4.61. The fraction of sp³-hybridized carbons (Fsp3) is 0.481. The summed E-state index contributed by atoms with van der Waals surface area (Å²) in [5.41, 5.74) is 0.166. The molecule has 216 valence electrons. The highest BCUT2D eigenvalue weighted by molar-refractivity contribution is 6.03. The Morgan fingerprint density at radius 2 is 1.90 bits per heavy atom. The fourth-order valence-corrected chi connectivity index (χ4v) is 4.61. The van der Waals surface area contributed by atoms with Gasteiger partial charge in [-0.1, -0.05) is 6.07 Å². The second-order valence-corrected chi connectivity index (χ2v) is 11.4. The van der Waals surface area contributed by atoms with Gasteiger partial charge in [0.15, 0.2) is 0 Å². The minimum Gasteiger partial charge on any atom is -0.444 e. The van der Waals surface area contributed by atoms with Crippen LogP contribution in [0.25, 0.3) is 22.4 Å². The topological polar surface area (TPSA) is 112 Å². The summed E-state index contributed by atoms with van der Waals surface area (Å²) in [6.07, 6.45) is -2.23. The number of fused-ring (bicyclic) bond motifs is 1. The molecule has 0 saturated carbocycles. The molecule has 2 amide bonds. The van der Waals surface area contributed by atoms with Crippen molar-refractivity contribution < 1.29 is 31.9 Å². The maximum atomic E-state index is 14.6. The number of nitrogens with one attached hydrogen (secondary N) is 3. The van der Waals surface area contributed by atoms with Crippen molar-refractivity contribution in [1.82, 2.24) is 25.6 Å². The second-order valence-electron chi connectivity index (χ2n) is 11.4. The minimum absolute atomic E-state index is 0.118. The van der Waals surface area contributed by atoms with Gasteiger partial charge in [-0.15, -0.1) is 0 Å². The average Bonchev–Trinajstić information content (AvgIpc) is 3.44. The molecule has 9 nitrogen and oxygen atoms in total. The van der Waals surface area contributed by atoms with E-state index in [-0.39, 0.29) is 29.1 Å². The zero-order valence-corrected chi connectivity index (χ0v) is 23.1. The van der Waals surface area contributed by atoms with E-state index in [0.29, 0.717) is 29.6 Å². The van der Waals surface area contributed by atoms with Crippen LogP contribution in [0, 0.1) is 12.7 Å². The van der Waals surface area contributed by atoms with Crippen LogP contribution in [0.3, 0.4) is 0 Å². The van der Waals surface area contributed by atoms with E-state index < -0.39 is 41.2 Å². The third-order valence-electron chi connectivity index (χ3n) is 6.64. The van der Waals surface area contributed by atoms with E-state index in [2.05, 4.69) is 20.3 Å². The molecule has 1 fully saturated rings. The van der Waals surface area contributed by atoms with Gasteiger partial charge in [-0.05, 0) is 59.6 Å². The number of rotatable bonds is 5. The molecular weight excluding hydrogens is 532 g/mol. The summed E-state index contributed by atoms with van der Waals surface area (Å²) >= 11 is 0. The highest BCUT2D eigenvalue weighted by Crippen LogP contribution is 2.38. The molecule has 0 spiro atoms. The third-order valence-corrected chi connectivity index (χ3v) is 6.64. The summed E-state index contributed by atoms with van der Waals surface area (Å²) < 4.78 is 59.8. The molecule has 2 atom stereocenters. The molecule has 1 aliphatic heterocycles. The molecule has 1 saturated heterocycles. The predicted molar refractivity (Wildman–Crippen MR) is 142 cm³/mol. The standard InChI is InChI=1S/C27H32F4N6O3/c1-14-7-8-18(28)20-19(14)34-22(35-20)16-11-32-12-17(23(38)33-15(2)27(29,30)31)21(16)37-10-9-26(6,13-37)36-24(39)40-25(3,4)5/h7-8,11-12,15H,9-10,13H2,1-6H3,(H,33,38)(H,34,35)(H,36,39)/t15?,26-/m0/s1.